The Morgan fingerprint density at radius 3 is 1.84 bits per heavy atom. The van der Waals surface area contributed by atoms with E-state index in [0.29, 0.717) is 31.9 Å². The van der Waals surface area contributed by atoms with Crippen molar-refractivity contribution in [2.45, 2.75) is 46.4 Å². The SMILES string of the molecule is CCc1cc(=O)c(=O)n(Cc2ccc(OC)cc2)[nH]1.CCc1cc(OCc2ccccc2)c(=O)n(Cc2ccc(OC)cc2)n1. The maximum atomic E-state index is 12.7. The highest BCUT2D eigenvalue weighted by molar-refractivity contribution is 5.29. The molecule has 0 aliphatic heterocycles. The molecule has 0 saturated carbocycles. The van der Waals surface area contributed by atoms with E-state index >= 15 is 0 Å². The van der Waals surface area contributed by atoms with Gasteiger partial charge in [-0.25, -0.2) is 9.36 Å². The number of benzene rings is 3. The van der Waals surface area contributed by atoms with Gasteiger partial charge in [0.15, 0.2) is 5.75 Å². The summed E-state index contributed by atoms with van der Waals surface area (Å²) in [4.78, 5) is 36.0. The van der Waals surface area contributed by atoms with E-state index in [-0.39, 0.29) is 5.56 Å². The highest BCUT2D eigenvalue weighted by atomic mass is 16.5. The molecule has 0 fully saturated rings. The molecule has 0 unspecified atom stereocenters. The van der Waals surface area contributed by atoms with E-state index in [0.717, 1.165) is 46.0 Å². The number of aryl methyl sites for hydroxylation is 2. The van der Waals surface area contributed by atoms with Gasteiger partial charge in [-0.3, -0.25) is 19.5 Å². The summed E-state index contributed by atoms with van der Waals surface area (Å²) in [5, 5.41) is 7.39. The van der Waals surface area contributed by atoms with Gasteiger partial charge in [0, 0.05) is 17.8 Å². The minimum Gasteiger partial charge on any atom is -0.497 e. The third-order valence-corrected chi connectivity index (χ3v) is 7.00. The van der Waals surface area contributed by atoms with Gasteiger partial charge in [-0.1, -0.05) is 68.4 Å². The van der Waals surface area contributed by atoms with Gasteiger partial charge in [0.25, 0.3) is 0 Å². The van der Waals surface area contributed by atoms with E-state index < -0.39 is 11.0 Å². The summed E-state index contributed by atoms with van der Waals surface area (Å²) < 4.78 is 18.8. The molecule has 0 aliphatic carbocycles. The molecule has 2 heterocycles. The molecule has 234 valence electrons. The zero-order valence-corrected chi connectivity index (χ0v) is 26.0. The molecule has 3 aromatic carbocycles. The lowest BCUT2D eigenvalue weighted by Crippen LogP contribution is -2.36. The van der Waals surface area contributed by atoms with Crippen molar-refractivity contribution in [1.29, 1.82) is 0 Å². The van der Waals surface area contributed by atoms with Crippen LogP contribution in [0.3, 0.4) is 0 Å². The monoisotopic (exact) mass is 610 g/mol. The Morgan fingerprint density at radius 2 is 1.29 bits per heavy atom. The van der Waals surface area contributed by atoms with Gasteiger partial charge in [-0.2, -0.15) is 5.10 Å². The fourth-order valence-electron chi connectivity index (χ4n) is 4.41. The van der Waals surface area contributed by atoms with Gasteiger partial charge >= 0.3 is 11.1 Å². The molecule has 10 heteroatoms. The summed E-state index contributed by atoms with van der Waals surface area (Å²) >= 11 is 0. The highest BCUT2D eigenvalue weighted by Gasteiger charge is 2.10. The Kier molecular flexibility index (Phi) is 11.5. The third kappa shape index (κ3) is 9.06. The Balaban J connectivity index is 0.000000215. The van der Waals surface area contributed by atoms with E-state index in [9.17, 15) is 14.4 Å². The number of aromatic nitrogens is 4. The summed E-state index contributed by atoms with van der Waals surface area (Å²) in [6.45, 7) is 5.01. The number of rotatable bonds is 11. The number of hydrogen-bond donors (Lipinski definition) is 1. The van der Waals surface area contributed by atoms with E-state index in [4.69, 9.17) is 14.2 Å². The Bertz CT molecular complexity index is 1840. The van der Waals surface area contributed by atoms with Crippen LogP contribution in [0, 0.1) is 0 Å². The Labute approximate surface area is 261 Å². The largest absolute Gasteiger partial charge is 0.497 e. The second-order valence-corrected chi connectivity index (χ2v) is 10.2. The molecular weight excluding hydrogens is 572 g/mol. The van der Waals surface area contributed by atoms with Gasteiger partial charge in [-0.05, 0) is 53.8 Å². The summed E-state index contributed by atoms with van der Waals surface area (Å²) in [5.41, 5.74) is 3.24. The van der Waals surface area contributed by atoms with Crippen molar-refractivity contribution in [1.82, 2.24) is 19.6 Å². The molecule has 2 aromatic heterocycles. The van der Waals surface area contributed by atoms with E-state index in [2.05, 4.69) is 10.2 Å². The van der Waals surface area contributed by atoms with Crippen molar-refractivity contribution < 1.29 is 14.2 Å². The van der Waals surface area contributed by atoms with Gasteiger partial charge in [0.05, 0.1) is 33.0 Å². The molecule has 0 spiro atoms. The van der Waals surface area contributed by atoms with Crippen LogP contribution in [0.2, 0.25) is 0 Å². The first kappa shape index (κ1) is 32.5. The average Bonchev–Trinajstić information content (AvgIpc) is 3.08. The molecule has 5 rings (SSSR count). The number of methoxy groups -OCH3 is 2. The average molecular weight is 611 g/mol. The van der Waals surface area contributed by atoms with Crippen LogP contribution in [-0.4, -0.2) is 33.8 Å². The van der Waals surface area contributed by atoms with Crippen LogP contribution in [0.15, 0.2) is 105 Å². The number of hydrogen-bond acceptors (Lipinski definition) is 7. The third-order valence-electron chi connectivity index (χ3n) is 7.00. The zero-order chi connectivity index (χ0) is 32.2. The number of H-pyrrole nitrogens is 1. The van der Waals surface area contributed by atoms with Crippen molar-refractivity contribution >= 4 is 0 Å². The molecule has 0 saturated heterocycles. The van der Waals surface area contributed by atoms with Crippen molar-refractivity contribution in [3.05, 3.63) is 150 Å². The van der Waals surface area contributed by atoms with Gasteiger partial charge in [0.2, 0.25) is 5.43 Å². The number of nitrogens with one attached hydrogen (secondary N) is 1. The minimum absolute atomic E-state index is 0.228. The number of ether oxygens (including phenoxy) is 3. The van der Waals surface area contributed by atoms with Crippen LogP contribution in [0.25, 0.3) is 0 Å². The quantitative estimate of drug-likeness (QED) is 0.217. The smallest absolute Gasteiger partial charge is 0.312 e. The van der Waals surface area contributed by atoms with E-state index in [1.165, 1.54) is 15.4 Å². The van der Waals surface area contributed by atoms with Crippen molar-refractivity contribution in [2.75, 3.05) is 14.2 Å². The summed E-state index contributed by atoms with van der Waals surface area (Å²) in [6, 6.07) is 27.8. The molecule has 0 radical (unpaired) electrons. The minimum atomic E-state index is -0.534. The second-order valence-electron chi connectivity index (χ2n) is 10.2. The first-order valence-electron chi connectivity index (χ1n) is 14.7. The molecule has 0 atom stereocenters. The van der Waals surface area contributed by atoms with Crippen molar-refractivity contribution in [3.63, 3.8) is 0 Å². The molecule has 0 aliphatic rings. The Hall–Kier alpha value is -5.38. The summed E-state index contributed by atoms with van der Waals surface area (Å²) in [5.74, 6) is 1.87. The summed E-state index contributed by atoms with van der Waals surface area (Å²) in [7, 11) is 3.23. The predicted molar refractivity (Wildman–Crippen MR) is 174 cm³/mol. The van der Waals surface area contributed by atoms with Crippen LogP contribution in [0.5, 0.6) is 17.2 Å². The lowest BCUT2D eigenvalue weighted by Gasteiger charge is -2.11. The maximum Gasteiger partial charge on any atom is 0.312 e. The molecule has 0 amide bonds. The standard InChI is InChI=1S/C21H22N2O3.C14H16N2O3/c1-3-18-13-20(26-15-17-7-5-4-6-8-17)21(24)23(22-18)14-16-9-11-19(25-2)12-10-16;1-3-11-8-13(17)14(18)16(15-11)9-10-4-6-12(19-2)7-5-10/h4-13H,3,14-15H2,1-2H3;4-8,15H,3,9H2,1-2H3. The normalized spacial score (nSPS) is 10.5. The second kappa shape index (κ2) is 15.9. The van der Waals surface area contributed by atoms with Crippen LogP contribution in [0.4, 0.5) is 0 Å². The fourth-order valence-corrected chi connectivity index (χ4v) is 4.41. The topological polar surface area (TPSA) is 117 Å². The van der Waals surface area contributed by atoms with Crippen LogP contribution in [-0.2, 0) is 32.5 Å². The van der Waals surface area contributed by atoms with Crippen LogP contribution >= 0.6 is 0 Å². The Morgan fingerprint density at radius 1 is 0.689 bits per heavy atom. The lowest BCUT2D eigenvalue weighted by molar-refractivity contribution is 0.296. The van der Waals surface area contributed by atoms with Crippen molar-refractivity contribution in [3.8, 4) is 17.2 Å². The first-order valence-corrected chi connectivity index (χ1v) is 14.7. The number of aromatic amines is 1. The molecular formula is C35H38N4O6. The maximum absolute atomic E-state index is 12.7. The zero-order valence-electron chi connectivity index (χ0n) is 26.0. The molecule has 45 heavy (non-hydrogen) atoms. The van der Waals surface area contributed by atoms with Gasteiger partial charge in [0.1, 0.15) is 18.1 Å². The van der Waals surface area contributed by atoms with Gasteiger partial charge < -0.3 is 14.2 Å². The molecule has 10 nitrogen and oxygen atoms in total. The van der Waals surface area contributed by atoms with E-state index in [1.807, 2.05) is 92.7 Å². The highest BCUT2D eigenvalue weighted by Crippen LogP contribution is 2.14. The molecule has 0 bridgehead atoms. The van der Waals surface area contributed by atoms with E-state index in [1.54, 1.807) is 20.3 Å². The fraction of sp³-hybridized carbons (Fsp3) is 0.257. The van der Waals surface area contributed by atoms with Gasteiger partial charge in [-0.15, -0.1) is 0 Å². The molecule has 1 N–H and O–H groups in total. The lowest BCUT2D eigenvalue weighted by atomic mass is 10.2. The first-order chi connectivity index (χ1) is 21.8. The summed E-state index contributed by atoms with van der Waals surface area (Å²) in [6.07, 6.45) is 1.41. The van der Waals surface area contributed by atoms with Crippen LogP contribution < -0.4 is 30.8 Å². The number of nitrogens with zero attached hydrogens (tertiary/aromatic N) is 3. The molecule has 5 aromatic rings. The predicted octanol–water partition coefficient (Wildman–Crippen LogP) is 4.60. The van der Waals surface area contributed by atoms with Crippen molar-refractivity contribution in [2.24, 2.45) is 0 Å². The van der Waals surface area contributed by atoms with Crippen LogP contribution in [0.1, 0.15) is 41.9 Å².